The van der Waals surface area contributed by atoms with E-state index in [0.717, 1.165) is 5.56 Å². The number of methoxy groups -OCH3 is 1. The molecule has 0 unspecified atom stereocenters. The highest BCUT2D eigenvalue weighted by molar-refractivity contribution is 7.98. The van der Waals surface area contributed by atoms with Gasteiger partial charge in [0.05, 0.1) is 7.11 Å². The van der Waals surface area contributed by atoms with Gasteiger partial charge in [-0.1, -0.05) is 54.6 Å². The minimum absolute atomic E-state index is 0.315. The lowest BCUT2D eigenvalue weighted by molar-refractivity contribution is -0.149. The molecule has 0 aliphatic carbocycles. The highest BCUT2D eigenvalue weighted by Gasteiger charge is 2.47. The molecule has 0 aromatic heterocycles. The molecule has 2 atom stereocenters. The fourth-order valence-electron chi connectivity index (χ4n) is 3.17. The standard InChI is InChI=1S/C22H25NO3S/c1-4-19(17-11-7-5-8-12-17)22(15-16-27-3,21(25)26-2)23-20(24)18-13-9-6-10-14-18/h4-14,19H,1,15-16H2,2-3H3,(H,23,24)/t19-,22-/m1/s1. The van der Waals surface area contributed by atoms with Gasteiger partial charge in [0.25, 0.3) is 5.91 Å². The SMILES string of the molecule is C=C[C@H](c1ccccc1)[C@@](CCSC)(NC(=O)c1ccccc1)C(=O)OC. The lowest BCUT2D eigenvalue weighted by Gasteiger charge is -2.38. The van der Waals surface area contributed by atoms with Gasteiger partial charge in [0, 0.05) is 11.5 Å². The molecule has 27 heavy (non-hydrogen) atoms. The van der Waals surface area contributed by atoms with Crippen molar-refractivity contribution in [2.45, 2.75) is 17.9 Å². The van der Waals surface area contributed by atoms with Crippen molar-refractivity contribution in [1.29, 1.82) is 0 Å². The number of hydrogen-bond acceptors (Lipinski definition) is 4. The van der Waals surface area contributed by atoms with E-state index in [4.69, 9.17) is 4.74 Å². The number of thioether (sulfide) groups is 1. The third-order valence-electron chi connectivity index (χ3n) is 4.55. The maximum atomic E-state index is 13.0. The van der Waals surface area contributed by atoms with Crippen molar-refractivity contribution in [2.75, 3.05) is 19.1 Å². The van der Waals surface area contributed by atoms with Gasteiger partial charge in [-0.3, -0.25) is 4.79 Å². The molecular weight excluding hydrogens is 358 g/mol. The Hall–Kier alpha value is -2.53. The number of ether oxygens (including phenoxy) is 1. The monoisotopic (exact) mass is 383 g/mol. The second-order valence-corrected chi connectivity index (χ2v) is 7.14. The number of amides is 1. The number of carbonyl (C=O) groups is 2. The quantitative estimate of drug-likeness (QED) is 0.524. The van der Waals surface area contributed by atoms with E-state index in [9.17, 15) is 9.59 Å². The molecule has 2 aromatic rings. The Kier molecular flexibility index (Phi) is 7.67. The molecule has 0 aliphatic rings. The summed E-state index contributed by atoms with van der Waals surface area (Å²) in [5.41, 5.74) is 0.145. The number of hydrogen-bond donors (Lipinski definition) is 1. The molecule has 0 heterocycles. The van der Waals surface area contributed by atoms with Crippen molar-refractivity contribution >= 4 is 23.6 Å². The first-order valence-electron chi connectivity index (χ1n) is 8.71. The zero-order valence-electron chi connectivity index (χ0n) is 15.7. The summed E-state index contributed by atoms with van der Waals surface area (Å²) in [6.45, 7) is 3.94. The molecule has 4 nitrogen and oxygen atoms in total. The Morgan fingerprint density at radius 1 is 1.15 bits per heavy atom. The van der Waals surface area contributed by atoms with Crippen molar-refractivity contribution in [1.82, 2.24) is 5.32 Å². The molecule has 0 aliphatic heterocycles. The van der Waals surface area contributed by atoms with E-state index >= 15 is 0 Å². The summed E-state index contributed by atoms with van der Waals surface area (Å²) < 4.78 is 5.14. The molecule has 0 bridgehead atoms. The van der Waals surface area contributed by atoms with Crippen LogP contribution in [-0.4, -0.2) is 36.5 Å². The molecule has 0 saturated heterocycles. The van der Waals surface area contributed by atoms with Gasteiger partial charge in [0.2, 0.25) is 0 Å². The van der Waals surface area contributed by atoms with E-state index in [0.29, 0.717) is 17.7 Å². The van der Waals surface area contributed by atoms with Gasteiger partial charge in [-0.05, 0) is 36.1 Å². The highest BCUT2D eigenvalue weighted by atomic mass is 32.2. The first kappa shape index (κ1) is 20.8. The molecular formula is C22H25NO3S. The van der Waals surface area contributed by atoms with Crippen LogP contribution in [0.5, 0.6) is 0 Å². The van der Waals surface area contributed by atoms with Gasteiger partial charge in [-0.2, -0.15) is 11.8 Å². The van der Waals surface area contributed by atoms with Crippen LogP contribution in [0.1, 0.15) is 28.3 Å². The second-order valence-electron chi connectivity index (χ2n) is 6.15. The Morgan fingerprint density at radius 2 is 1.74 bits per heavy atom. The minimum Gasteiger partial charge on any atom is -0.467 e. The van der Waals surface area contributed by atoms with Crippen LogP contribution >= 0.6 is 11.8 Å². The highest BCUT2D eigenvalue weighted by Crippen LogP contribution is 2.35. The molecule has 0 saturated carbocycles. The fourth-order valence-corrected chi connectivity index (χ4v) is 3.69. The third-order valence-corrected chi connectivity index (χ3v) is 5.16. The van der Waals surface area contributed by atoms with E-state index in [1.165, 1.54) is 7.11 Å². The Bertz CT molecular complexity index is 764. The van der Waals surface area contributed by atoms with Crippen molar-refractivity contribution in [3.63, 3.8) is 0 Å². The van der Waals surface area contributed by atoms with Crippen LogP contribution in [0.15, 0.2) is 73.3 Å². The summed E-state index contributed by atoms with van der Waals surface area (Å²) in [4.78, 5) is 25.9. The molecule has 2 aromatic carbocycles. The number of carbonyl (C=O) groups excluding carboxylic acids is 2. The van der Waals surface area contributed by atoms with Crippen LogP contribution in [0, 0.1) is 0 Å². The summed E-state index contributed by atoms with van der Waals surface area (Å²) in [6, 6.07) is 18.4. The third kappa shape index (κ3) is 4.80. The van der Waals surface area contributed by atoms with E-state index in [-0.39, 0.29) is 5.91 Å². The van der Waals surface area contributed by atoms with E-state index < -0.39 is 17.4 Å². The number of benzene rings is 2. The average molecular weight is 384 g/mol. The molecule has 142 valence electrons. The van der Waals surface area contributed by atoms with Crippen molar-refractivity contribution < 1.29 is 14.3 Å². The van der Waals surface area contributed by atoms with Crippen molar-refractivity contribution in [3.8, 4) is 0 Å². The number of rotatable bonds is 9. The summed E-state index contributed by atoms with van der Waals surface area (Å²) >= 11 is 1.61. The molecule has 0 radical (unpaired) electrons. The predicted molar refractivity (Wildman–Crippen MR) is 111 cm³/mol. The zero-order valence-corrected chi connectivity index (χ0v) is 16.5. The first-order chi connectivity index (χ1) is 13.1. The maximum absolute atomic E-state index is 13.0. The predicted octanol–water partition coefficient (Wildman–Crippen LogP) is 4.05. The Morgan fingerprint density at radius 3 is 2.26 bits per heavy atom. The summed E-state index contributed by atoms with van der Waals surface area (Å²) in [7, 11) is 1.34. The molecule has 0 fully saturated rings. The number of nitrogens with one attached hydrogen (secondary N) is 1. The van der Waals surface area contributed by atoms with Crippen LogP contribution in [0.4, 0.5) is 0 Å². The van der Waals surface area contributed by atoms with Crippen molar-refractivity contribution in [3.05, 3.63) is 84.4 Å². The van der Waals surface area contributed by atoms with E-state index in [2.05, 4.69) is 11.9 Å². The van der Waals surface area contributed by atoms with E-state index in [1.807, 2.05) is 42.7 Å². The topological polar surface area (TPSA) is 55.4 Å². The fraction of sp³-hybridized carbons (Fsp3) is 0.273. The molecule has 2 rings (SSSR count). The van der Waals surface area contributed by atoms with Crippen LogP contribution in [-0.2, 0) is 9.53 Å². The maximum Gasteiger partial charge on any atom is 0.332 e. The van der Waals surface area contributed by atoms with Gasteiger partial charge in [-0.25, -0.2) is 4.79 Å². The average Bonchev–Trinajstić information content (AvgIpc) is 2.73. The second kappa shape index (κ2) is 9.97. The normalized spacial score (nSPS) is 13.9. The molecule has 1 amide bonds. The lowest BCUT2D eigenvalue weighted by atomic mass is 9.76. The Labute approximate surface area is 165 Å². The number of esters is 1. The molecule has 1 N–H and O–H groups in total. The Balaban J connectivity index is 2.52. The van der Waals surface area contributed by atoms with Crippen molar-refractivity contribution in [2.24, 2.45) is 0 Å². The van der Waals surface area contributed by atoms with Gasteiger partial charge in [0.1, 0.15) is 5.54 Å². The van der Waals surface area contributed by atoms with E-state index in [1.54, 1.807) is 42.1 Å². The van der Waals surface area contributed by atoms with Crippen LogP contribution < -0.4 is 5.32 Å². The minimum atomic E-state index is -1.24. The smallest absolute Gasteiger partial charge is 0.332 e. The summed E-state index contributed by atoms with van der Waals surface area (Å²) in [6.07, 6.45) is 4.09. The van der Waals surface area contributed by atoms with Gasteiger partial charge in [-0.15, -0.1) is 6.58 Å². The summed E-state index contributed by atoms with van der Waals surface area (Å²) in [5.74, 6) is -0.535. The zero-order chi connectivity index (χ0) is 19.7. The first-order valence-corrected chi connectivity index (χ1v) is 10.1. The van der Waals surface area contributed by atoms with Gasteiger partial charge >= 0.3 is 5.97 Å². The molecule has 0 spiro atoms. The largest absolute Gasteiger partial charge is 0.467 e. The molecule has 5 heteroatoms. The van der Waals surface area contributed by atoms with Crippen LogP contribution in [0.2, 0.25) is 0 Å². The van der Waals surface area contributed by atoms with Crippen LogP contribution in [0.25, 0.3) is 0 Å². The lowest BCUT2D eigenvalue weighted by Crippen LogP contribution is -2.59. The van der Waals surface area contributed by atoms with Gasteiger partial charge in [0.15, 0.2) is 0 Å². The van der Waals surface area contributed by atoms with Gasteiger partial charge < -0.3 is 10.1 Å². The summed E-state index contributed by atoms with van der Waals surface area (Å²) in [5, 5.41) is 2.98. The van der Waals surface area contributed by atoms with Crippen LogP contribution in [0.3, 0.4) is 0 Å².